The molecule has 0 aliphatic heterocycles. The standard InChI is InChI=1S/C22H21F20O8.C22H20F20O8.2Na.2O3S.H/c2*23-15(24,19(31,32)33)7-45-3-11(4-46-8-16(25,26)20(34,35)36)49-13(43)1-2-14(44)50-12(5-47-9-17(27,28)21(37,38)39)6-48-10-18(29,30)22(40,41)42;;;2*1-4(2)3;/h1,11-12H,2-10H2;1-2,11-12H,3-10H2;;;;;/q-1;;2*+1;;;-1/b;2-1-;;;;;. The molecule has 0 unspecified atom stereocenters. The van der Waals surface area contributed by atoms with Gasteiger partial charge in [-0.3, -0.25) is 16.0 Å². The Morgan fingerprint density at radius 2 is 0.400 bits per heavy atom. The summed E-state index contributed by atoms with van der Waals surface area (Å²) in [6.45, 7) is -32.9. The van der Waals surface area contributed by atoms with Gasteiger partial charge in [-0.1, -0.05) is 6.42 Å². The van der Waals surface area contributed by atoms with Crippen LogP contribution in [0.2, 0.25) is 0 Å². The van der Waals surface area contributed by atoms with Crippen molar-refractivity contribution in [2.75, 3.05) is 106 Å². The van der Waals surface area contributed by atoms with Crippen molar-refractivity contribution in [1.82, 2.24) is 0 Å². The Labute approximate surface area is 632 Å². The monoisotopic (exact) mass is 1790 g/mol. The SMILES string of the molecule is O=C(/C=C\C(=O)OC(COCC(F)(F)C(F)(F)F)COCC(F)(F)C(F)(F)F)OC(COCC(F)(F)C(F)(F)F)COCC(F)(F)C(F)(F)F.O=C([CH-]CC(=O)OC(COCC(F)(F)C(F)(F)F)COCC(F)(F)C(F)(F)F)OC(COCC(F)(F)C(F)(F)F)COCC(F)(F)C(F)(F)F.O=S(=O)=O.O=S(=O)=O.[H-].[Na+].[Na+]. The number of alkyl halides is 40. The van der Waals surface area contributed by atoms with E-state index in [0.717, 1.165) is 0 Å². The summed E-state index contributed by atoms with van der Waals surface area (Å²) in [6.07, 6.45) is -60.7. The summed E-state index contributed by atoms with van der Waals surface area (Å²) in [5.74, 6) is -52.1. The number of carbonyl (C=O) groups excluding carboxylic acids is 4. The number of ether oxygens (including phenoxy) is 12. The fourth-order valence-corrected chi connectivity index (χ4v) is 4.82. The van der Waals surface area contributed by atoms with E-state index < -0.39 is 278 Å². The number of esters is 4. The van der Waals surface area contributed by atoms with E-state index in [-0.39, 0.29) is 79.1 Å². The van der Waals surface area contributed by atoms with E-state index >= 15 is 0 Å². The molecule has 0 radical (unpaired) electrons. The van der Waals surface area contributed by atoms with Crippen LogP contribution < -0.4 is 59.1 Å². The maximum Gasteiger partial charge on any atom is 1.00 e. The van der Waals surface area contributed by atoms with Gasteiger partial charge in [0.15, 0.2) is 5.97 Å². The molecule has 0 saturated carbocycles. The van der Waals surface area contributed by atoms with E-state index in [9.17, 15) is 195 Å². The minimum Gasteiger partial charge on any atom is -1.00 e. The molecular formula is C44H42F40Na2O22S2. The van der Waals surface area contributed by atoms with Gasteiger partial charge in [-0.15, -0.1) is 25.3 Å². The summed E-state index contributed by atoms with van der Waals surface area (Å²) in [7, 11) is -6.22. The van der Waals surface area contributed by atoms with Crippen LogP contribution in [0.5, 0.6) is 0 Å². The molecule has 644 valence electrons. The first kappa shape index (κ1) is 116. The normalized spacial score (nSPS) is 13.6. The zero-order valence-corrected chi connectivity index (χ0v) is 58.6. The van der Waals surface area contributed by atoms with Gasteiger partial charge < -0.3 is 58.3 Å². The van der Waals surface area contributed by atoms with Crippen molar-refractivity contribution in [3.8, 4) is 0 Å². The average molecular weight is 1790 g/mol. The van der Waals surface area contributed by atoms with Gasteiger partial charge in [0.25, 0.3) is 5.97 Å². The van der Waals surface area contributed by atoms with Gasteiger partial charge in [0.1, 0.15) is 77.3 Å². The molecule has 0 fully saturated rings. The molecule has 0 aromatic heterocycles. The van der Waals surface area contributed by atoms with Crippen LogP contribution in [0.1, 0.15) is 7.85 Å². The second-order valence-corrected chi connectivity index (χ2v) is 20.0. The molecule has 0 rings (SSSR count). The summed E-state index contributed by atoms with van der Waals surface area (Å²) in [6, 6.07) is 0. The topological polar surface area (TPSA) is 281 Å². The number of halogens is 40. The summed E-state index contributed by atoms with van der Waals surface area (Å²) in [5, 5.41) is 0. The predicted molar refractivity (Wildman–Crippen MR) is 253 cm³/mol. The van der Waals surface area contributed by atoms with E-state index in [0.29, 0.717) is 0 Å². The first-order valence-electron chi connectivity index (χ1n) is 25.8. The molecule has 22 nitrogen and oxygen atoms in total. The summed E-state index contributed by atoms with van der Waals surface area (Å²) in [5.41, 5.74) is 0. The summed E-state index contributed by atoms with van der Waals surface area (Å²) in [4.78, 5) is 47.8. The molecular weight excluding hydrogens is 1750 g/mol. The Kier molecular flexibility index (Phi) is 50.4. The van der Waals surface area contributed by atoms with Crippen molar-refractivity contribution >= 4 is 45.1 Å². The molecule has 110 heavy (non-hydrogen) atoms. The molecule has 66 heteroatoms. The third-order valence-corrected chi connectivity index (χ3v) is 9.95. The van der Waals surface area contributed by atoms with E-state index in [1.807, 2.05) is 0 Å². The van der Waals surface area contributed by atoms with Crippen LogP contribution in [0.4, 0.5) is 176 Å². The Morgan fingerprint density at radius 1 is 0.264 bits per heavy atom. The number of hydrogen-bond donors (Lipinski definition) is 0. The molecule has 0 heterocycles. The van der Waals surface area contributed by atoms with E-state index in [1.54, 1.807) is 0 Å². The zero-order valence-electron chi connectivity index (χ0n) is 54.0. The Morgan fingerprint density at radius 3 is 0.545 bits per heavy atom. The van der Waals surface area contributed by atoms with Gasteiger partial charge in [0.2, 0.25) is 0 Å². The van der Waals surface area contributed by atoms with Crippen LogP contribution in [0.25, 0.3) is 0 Å². The molecule has 0 aromatic carbocycles. The largest absolute Gasteiger partial charge is 1.00 e. The zero-order chi connectivity index (χ0) is 86.4. The second kappa shape index (κ2) is 47.6. The van der Waals surface area contributed by atoms with Gasteiger partial charge in [-0.2, -0.15) is 176 Å². The maximum absolute atomic E-state index is 13.0. The third-order valence-electron chi connectivity index (χ3n) is 9.95. The molecule has 0 atom stereocenters. The van der Waals surface area contributed by atoms with Crippen molar-refractivity contribution in [2.24, 2.45) is 0 Å². The smallest absolute Gasteiger partial charge is 1.00 e. The number of hydrogen-bond acceptors (Lipinski definition) is 22. The van der Waals surface area contributed by atoms with Crippen molar-refractivity contribution in [2.45, 2.75) is 128 Å². The van der Waals surface area contributed by atoms with Gasteiger partial charge >= 0.3 is 189 Å². The first-order chi connectivity index (χ1) is 47.8. The van der Waals surface area contributed by atoms with Gasteiger partial charge in [0.05, 0.1) is 52.9 Å². The molecule has 0 aromatic rings. The summed E-state index contributed by atoms with van der Waals surface area (Å²) < 4.78 is 602. The minimum atomic E-state index is -6.21. The number of carbonyl (C=O) groups is 4. The molecule has 0 aliphatic carbocycles. The van der Waals surface area contributed by atoms with E-state index in [4.69, 9.17) is 25.3 Å². The fraction of sp³-hybridized carbons (Fsp3) is 0.841. The van der Waals surface area contributed by atoms with Gasteiger partial charge in [-0.05, 0) is 0 Å². The Bertz CT molecular complexity index is 2650. The molecule has 0 aliphatic rings. The molecule has 0 saturated heterocycles. The summed E-state index contributed by atoms with van der Waals surface area (Å²) >= 11 is 0. The third kappa shape index (κ3) is 48.7. The first-order valence-corrected chi connectivity index (χ1v) is 27.8. The second-order valence-electron chi connectivity index (χ2n) is 19.2. The molecule has 0 N–H and O–H groups in total. The quantitative estimate of drug-likeness (QED) is 0.0202. The Balaban J connectivity index is -0.000000346. The number of rotatable bonds is 41. The van der Waals surface area contributed by atoms with Crippen molar-refractivity contribution in [3.05, 3.63) is 18.6 Å². The van der Waals surface area contributed by atoms with Crippen molar-refractivity contribution in [1.29, 1.82) is 0 Å². The minimum absolute atomic E-state index is 0. The van der Waals surface area contributed by atoms with Gasteiger partial charge in [0, 0.05) is 12.2 Å². The van der Waals surface area contributed by atoms with E-state index in [2.05, 4.69) is 56.8 Å². The van der Waals surface area contributed by atoms with Crippen molar-refractivity contribution in [3.63, 3.8) is 0 Å². The fourth-order valence-electron chi connectivity index (χ4n) is 4.82. The molecule has 0 spiro atoms. The van der Waals surface area contributed by atoms with Crippen LogP contribution in [0.15, 0.2) is 12.2 Å². The molecule has 0 amide bonds. The van der Waals surface area contributed by atoms with Crippen LogP contribution in [0.3, 0.4) is 0 Å². The maximum atomic E-state index is 13.0. The van der Waals surface area contributed by atoms with Crippen LogP contribution in [-0.2, 0) is 97.2 Å². The van der Waals surface area contributed by atoms with Crippen LogP contribution in [0, 0.1) is 6.42 Å². The van der Waals surface area contributed by atoms with Crippen LogP contribution in [-0.4, -0.2) is 276 Å². The van der Waals surface area contributed by atoms with Gasteiger partial charge in [-0.25, -0.2) is 9.59 Å². The molecule has 0 bridgehead atoms. The van der Waals surface area contributed by atoms with E-state index in [1.165, 1.54) is 0 Å². The van der Waals surface area contributed by atoms with Crippen LogP contribution >= 0.6 is 0 Å². The predicted octanol–water partition coefficient (Wildman–Crippen LogP) is 4.60. The van der Waals surface area contributed by atoms with Crippen molar-refractivity contribution < 1.29 is 337 Å². The Hall–Kier alpha value is -4.39. The average Bonchev–Trinajstić information content (AvgIpc) is 0.880.